The van der Waals surface area contributed by atoms with Crippen LogP contribution in [-0.2, 0) is 11.0 Å². The van der Waals surface area contributed by atoms with Crippen LogP contribution in [0.2, 0.25) is 0 Å². The Morgan fingerprint density at radius 3 is 2.40 bits per heavy atom. The monoisotopic (exact) mass is 621 g/mol. The number of anilines is 2. The number of benzene rings is 3. The minimum absolute atomic E-state index is 0.0614. The fourth-order valence-electron chi connectivity index (χ4n) is 5.70. The molecule has 45 heavy (non-hydrogen) atoms. The van der Waals surface area contributed by atoms with Crippen molar-refractivity contribution in [3.63, 3.8) is 0 Å². The van der Waals surface area contributed by atoms with Crippen molar-refractivity contribution in [1.82, 2.24) is 15.1 Å². The van der Waals surface area contributed by atoms with Gasteiger partial charge in [0.2, 0.25) is 0 Å². The van der Waals surface area contributed by atoms with Gasteiger partial charge in [-0.3, -0.25) is 9.69 Å². The molecule has 3 amide bonds. The maximum atomic E-state index is 13.8. The Morgan fingerprint density at radius 2 is 1.69 bits per heavy atom. The maximum absolute atomic E-state index is 13.8. The lowest BCUT2D eigenvalue weighted by Crippen LogP contribution is -2.47. The maximum Gasteiger partial charge on any atom is 0.416 e. The zero-order valence-corrected chi connectivity index (χ0v) is 25.4. The summed E-state index contributed by atoms with van der Waals surface area (Å²) >= 11 is 0. The highest BCUT2D eigenvalue weighted by atomic mass is 19.4. The van der Waals surface area contributed by atoms with E-state index < -0.39 is 23.8 Å². The normalized spacial score (nSPS) is 16.7. The van der Waals surface area contributed by atoms with Crippen molar-refractivity contribution in [1.29, 1.82) is 0 Å². The summed E-state index contributed by atoms with van der Waals surface area (Å²) in [6.45, 7) is 2.95. The van der Waals surface area contributed by atoms with Crippen LogP contribution in [0, 0.1) is 0 Å². The number of amides is 3. The quantitative estimate of drug-likeness (QED) is 0.219. The fraction of sp³-hybridized carbons (Fsp3) is 0.353. The molecule has 2 aliphatic rings. The average molecular weight is 622 g/mol. The molecule has 3 aromatic carbocycles. The molecule has 0 fully saturated rings. The lowest BCUT2D eigenvalue weighted by molar-refractivity contribution is -0.137. The number of nitrogens with one attached hydrogen (secondary N) is 2. The molecule has 2 heterocycles. The summed E-state index contributed by atoms with van der Waals surface area (Å²) in [7, 11) is 3.85. The van der Waals surface area contributed by atoms with Crippen molar-refractivity contribution in [3.05, 3.63) is 101 Å². The summed E-state index contributed by atoms with van der Waals surface area (Å²) in [5.41, 5.74) is 1.56. The Kier molecular flexibility index (Phi) is 9.97. The second-order valence-electron chi connectivity index (χ2n) is 11.3. The third-order valence-electron chi connectivity index (χ3n) is 8.08. The van der Waals surface area contributed by atoms with Crippen LogP contribution in [0.3, 0.4) is 0 Å². The first-order valence-corrected chi connectivity index (χ1v) is 15.1. The Hall–Kier alpha value is -4.51. The average Bonchev–Trinajstić information content (AvgIpc) is 3.36. The van der Waals surface area contributed by atoms with E-state index in [1.807, 2.05) is 54.6 Å². The van der Waals surface area contributed by atoms with E-state index >= 15 is 0 Å². The van der Waals surface area contributed by atoms with Gasteiger partial charge in [-0.15, -0.1) is 0 Å². The van der Waals surface area contributed by atoms with Gasteiger partial charge in [-0.2, -0.15) is 13.2 Å². The van der Waals surface area contributed by atoms with Crippen LogP contribution in [0.15, 0.2) is 90.1 Å². The van der Waals surface area contributed by atoms with Crippen LogP contribution < -0.4 is 20.3 Å². The molecule has 1 atom stereocenters. The zero-order valence-electron chi connectivity index (χ0n) is 25.4. The Bertz CT molecular complexity index is 1510. The molecule has 11 heteroatoms. The van der Waals surface area contributed by atoms with Crippen molar-refractivity contribution in [2.75, 3.05) is 57.1 Å². The number of para-hydroxylation sites is 1. The summed E-state index contributed by atoms with van der Waals surface area (Å²) in [5.74, 6) is 0.628. The molecule has 8 nitrogen and oxygen atoms in total. The first-order valence-electron chi connectivity index (χ1n) is 15.1. The second kappa shape index (κ2) is 14.1. The van der Waals surface area contributed by atoms with Gasteiger partial charge in [0, 0.05) is 25.8 Å². The third-order valence-corrected chi connectivity index (χ3v) is 8.08. The molecule has 2 aliphatic heterocycles. The van der Waals surface area contributed by atoms with Gasteiger partial charge < -0.3 is 25.2 Å². The summed E-state index contributed by atoms with van der Waals surface area (Å²) in [6.07, 6.45) is -2.09. The Labute approximate surface area is 261 Å². The number of halogens is 3. The second-order valence-corrected chi connectivity index (χ2v) is 11.3. The molecular weight excluding hydrogens is 583 g/mol. The van der Waals surface area contributed by atoms with Gasteiger partial charge >= 0.3 is 12.2 Å². The Morgan fingerprint density at radius 1 is 0.956 bits per heavy atom. The van der Waals surface area contributed by atoms with Crippen LogP contribution in [-0.4, -0.2) is 68.6 Å². The number of carbonyl (C=O) groups is 2. The van der Waals surface area contributed by atoms with Gasteiger partial charge in [0.15, 0.2) is 0 Å². The molecule has 0 saturated heterocycles. The minimum Gasteiger partial charge on any atom is -0.494 e. The minimum atomic E-state index is -4.57. The molecule has 1 unspecified atom stereocenters. The predicted octanol–water partition coefficient (Wildman–Crippen LogP) is 6.30. The van der Waals surface area contributed by atoms with E-state index in [0.717, 1.165) is 55.9 Å². The van der Waals surface area contributed by atoms with Gasteiger partial charge in [0.1, 0.15) is 5.75 Å². The molecule has 3 aromatic rings. The standard InChI is InChI=1S/C34H38F3N5O3/c1-38-26-16-14-24(15-17-26)31-30-29(42(33(44)39-31)27-11-8-10-25(22-27)34(35,36)37)23-41(32(30)43)20-7-6-18-40(2)19-9-21-45-28-12-4-3-5-13-28/h3-5,8,10-17,22,31,38H,6-7,9,18-21,23H2,1-2H3,(H,39,44). The molecule has 2 N–H and O–H groups in total. The van der Waals surface area contributed by atoms with Crippen LogP contribution in [0.25, 0.3) is 0 Å². The zero-order chi connectivity index (χ0) is 32.0. The summed E-state index contributed by atoms with van der Waals surface area (Å²) < 4.78 is 46.4. The number of hydrogen-bond acceptors (Lipinski definition) is 5. The van der Waals surface area contributed by atoms with Gasteiger partial charge in [0.25, 0.3) is 5.91 Å². The highest BCUT2D eigenvalue weighted by Gasteiger charge is 2.45. The fourth-order valence-corrected chi connectivity index (χ4v) is 5.70. The predicted molar refractivity (Wildman–Crippen MR) is 168 cm³/mol. The van der Waals surface area contributed by atoms with Crippen LogP contribution >= 0.6 is 0 Å². The van der Waals surface area contributed by atoms with E-state index in [1.54, 1.807) is 11.9 Å². The van der Waals surface area contributed by atoms with Crippen LogP contribution in [0.1, 0.15) is 36.4 Å². The topological polar surface area (TPSA) is 77.1 Å². The smallest absolute Gasteiger partial charge is 0.416 e. The van der Waals surface area contributed by atoms with Crippen LogP contribution in [0.5, 0.6) is 5.75 Å². The number of carbonyl (C=O) groups excluding carboxylic acids is 2. The number of unbranched alkanes of at least 4 members (excludes halogenated alkanes) is 1. The van der Waals surface area contributed by atoms with E-state index in [4.69, 9.17) is 4.74 Å². The van der Waals surface area contributed by atoms with Gasteiger partial charge in [0.05, 0.1) is 41.7 Å². The number of rotatable bonds is 13. The van der Waals surface area contributed by atoms with Gasteiger partial charge in [-0.1, -0.05) is 36.4 Å². The van der Waals surface area contributed by atoms with Gasteiger partial charge in [-0.25, -0.2) is 4.79 Å². The van der Waals surface area contributed by atoms with Gasteiger partial charge in [-0.05, 0) is 80.9 Å². The molecule has 5 rings (SSSR count). The first kappa shape index (κ1) is 31.9. The first-order chi connectivity index (χ1) is 21.7. The number of nitrogens with zero attached hydrogens (tertiary/aromatic N) is 3. The van der Waals surface area contributed by atoms with Crippen molar-refractivity contribution < 1.29 is 27.5 Å². The lowest BCUT2D eigenvalue weighted by Gasteiger charge is -2.34. The highest BCUT2D eigenvalue weighted by molar-refractivity contribution is 6.07. The third kappa shape index (κ3) is 7.59. The van der Waals surface area contributed by atoms with E-state index in [0.29, 0.717) is 30.0 Å². The molecule has 0 spiro atoms. The molecule has 0 aliphatic carbocycles. The number of ether oxygens (including phenoxy) is 1. The van der Waals surface area contributed by atoms with Crippen LogP contribution in [0.4, 0.5) is 29.3 Å². The molecule has 0 radical (unpaired) electrons. The number of urea groups is 1. The lowest BCUT2D eigenvalue weighted by atomic mass is 9.95. The highest BCUT2D eigenvalue weighted by Crippen LogP contribution is 2.40. The van der Waals surface area contributed by atoms with E-state index in [1.165, 1.54) is 17.0 Å². The van der Waals surface area contributed by atoms with E-state index in [2.05, 4.69) is 22.6 Å². The number of alkyl halides is 3. The van der Waals surface area contributed by atoms with Crippen molar-refractivity contribution in [2.45, 2.75) is 31.5 Å². The summed E-state index contributed by atoms with van der Waals surface area (Å²) in [6, 6.07) is 20.4. The van der Waals surface area contributed by atoms with E-state index in [9.17, 15) is 22.8 Å². The number of hydrogen-bond donors (Lipinski definition) is 2. The largest absolute Gasteiger partial charge is 0.494 e. The molecular formula is C34H38F3N5O3. The molecule has 0 saturated carbocycles. The SMILES string of the molecule is CNc1ccc(C2NC(=O)N(c3cccc(C(F)(F)F)c3)C3=C2C(=O)N(CCCCN(C)CCCOc2ccccc2)C3)cc1. The molecule has 238 valence electrons. The molecule has 0 bridgehead atoms. The Balaban J connectivity index is 1.25. The molecule has 0 aromatic heterocycles. The van der Waals surface area contributed by atoms with Crippen molar-refractivity contribution >= 4 is 23.3 Å². The summed E-state index contributed by atoms with van der Waals surface area (Å²) in [4.78, 5) is 32.5. The summed E-state index contributed by atoms with van der Waals surface area (Å²) in [5, 5.41) is 5.93. The van der Waals surface area contributed by atoms with Crippen molar-refractivity contribution in [3.8, 4) is 5.75 Å². The van der Waals surface area contributed by atoms with Crippen molar-refractivity contribution in [2.24, 2.45) is 0 Å². The van der Waals surface area contributed by atoms with E-state index in [-0.39, 0.29) is 18.1 Å².